The van der Waals surface area contributed by atoms with E-state index < -0.39 is 0 Å². The van der Waals surface area contributed by atoms with Gasteiger partial charge in [0.2, 0.25) is 5.91 Å². The van der Waals surface area contributed by atoms with Crippen molar-refractivity contribution in [2.24, 2.45) is 0 Å². The van der Waals surface area contributed by atoms with Gasteiger partial charge >= 0.3 is 0 Å². The number of H-pyrrole nitrogens is 1. The topological polar surface area (TPSA) is 67.0 Å². The molecule has 0 radical (unpaired) electrons. The molecule has 0 fully saturated rings. The Labute approximate surface area is 124 Å². The van der Waals surface area contributed by atoms with Gasteiger partial charge in [-0.3, -0.25) is 9.89 Å². The minimum absolute atomic E-state index is 0.0230. The molecule has 0 aliphatic rings. The van der Waals surface area contributed by atoms with Crippen molar-refractivity contribution in [3.63, 3.8) is 0 Å². The summed E-state index contributed by atoms with van der Waals surface area (Å²) in [6, 6.07) is 9.51. The highest BCUT2D eigenvalue weighted by Crippen LogP contribution is 2.08. The second-order valence-electron chi connectivity index (χ2n) is 4.89. The smallest absolute Gasteiger partial charge is 0.223 e. The summed E-state index contributed by atoms with van der Waals surface area (Å²) in [6.07, 6.45) is 4.04. The van der Waals surface area contributed by atoms with Gasteiger partial charge in [0.25, 0.3) is 0 Å². The first-order valence-electron chi connectivity index (χ1n) is 7.19. The van der Waals surface area contributed by atoms with Gasteiger partial charge in [-0.25, -0.2) is 0 Å². The number of hydrogen-bond donors (Lipinski definition) is 2. The Balaban J connectivity index is 1.55. The van der Waals surface area contributed by atoms with Gasteiger partial charge in [-0.05, 0) is 37.5 Å². The van der Waals surface area contributed by atoms with E-state index in [0.717, 1.165) is 24.3 Å². The summed E-state index contributed by atoms with van der Waals surface area (Å²) in [5.74, 6) is 0.815. The van der Waals surface area contributed by atoms with Crippen LogP contribution in [0.1, 0.15) is 24.1 Å². The fourth-order valence-electron chi connectivity index (χ4n) is 2.00. The van der Waals surface area contributed by atoms with E-state index in [0.29, 0.717) is 19.6 Å². The lowest BCUT2D eigenvalue weighted by Crippen LogP contribution is -2.26. The molecular formula is C16H21N3O2. The molecule has 0 bridgehead atoms. The third kappa shape index (κ3) is 5.30. The molecule has 1 aromatic carbocycles. The van der Waals surface area contributed by atoms with E-state index in [1.807, 2.05) is 43.5 Å². The second kappa shape index (κ2) is 8.09. The fraction of sp³-hybridized carbons (Fsp3) is 0.375. The zero-order valence-electron chi connectivity index (χ0n) is 12.3. The van der Waals surface area contributed by atoms with Crippen molar-refractivity contribution in [3.8, 4) is 5.75 Å². The molecule has 0 aliphatic carbocycles. The van der Waals surface area contributed by atoms with Gasteiger partial charge in [0.1, 0.15) is 5.75 Å². The van der Waals surface area contributed by atoms with Crippen LogP contribution in [0.15, 0.2) is 36.5 Å². The summed E-state index contributed by atoms with van der Waals surface area (Å²) >= 11 is 0. The summed E-state index contributed by atoms with van der Waals surface area (Å²) in [5, 5.41) is 9.79. The molecule has 1 heterocycles. The number of amides is 1. The van der Waals surface area contributed by atoms with Crippen molar-refractivity contribution >= 4 is 5.91 Å². The molecule has 0 spiro atoms. The minimum atomic E-state index is 0.0230. The van der Waals surface area contributed by atoms with Crippen LogP contribution in [-0.2, 0) is 11.2 Å². The number of rotatable bonds is 8. The molecule has 0 unspecified atom stereocenters. The molecule has 2 rings (SSSR count). The molecular weight excluding hydrogens is 266 g/mol. The third-order valence-electron chi connectivity index (χ3n) is 3.22. The van der Waals surface area contributed by atoms with Crippen molar-refractivity contribution in [1.82, 2.24) is 15.5 Å². The summed E-state index contributed by atoms with van der Waals surface area (Å²) in [6.45, 7) is 3.08. The number of aromatic amines is 1. The summed E-state index contributed by atoms with van der Waals surface area (Å²) in [5.41, 5.74) is 2.30. The van der Waals surface area contributed by atoms with Crippen LogP contribution in [0.2, 0.25) is 0 Å². The highest BCUT2D eigenvalue weighted by Gasteiger charge is 2.03. The van der Waals surface area contributed by atoms with Gasteiger partial charge in [0.05, 0.1) is 19.2 Å². The van der Waals surface area contributed by atoms with E-state index in [9.17, 15) is 4.79 Å². The Hall–Kier alpha value is -2.30. The molecule has 0 saturated carbocycles. The molecule has 21 heavy (non-hydrogen) atoms. The van der Waals surface area contributed by atoms with Crippen LogP contribution in [0, 0.1) is 6.92 Å². The van der Waals surface area contributed by atoms with Crippen LogP contribution in [0.3, 0.4) is 0 Å². The zero-order valence-corrected chi connectivity index (χ0v) is 12.3. The number of nitrogens with one attached hydrogen (secondary N) is 2. The van der Waals surface area contributed by atoms with Crippen LogP contribution in [0.5, 0.6) is 5.75 Å². The largest absolute Gasteiger partial charge is 0.493 e. The quantitative estimate of drug-likeness (QED) is 0.732. The first kappa shape index (κ1) is 15.1. The predicted octanol–water partition coefficient (Wildman–Crippen LogP) is 2.24. The van der Waals surface area contributed by atoms with Gasteiger partial charge in [0.15, 0.2) is 0 Å². The van der Waals surface area contributed by atoms with Crippen molar-refractivity contribution in [1.29, 1.82) is 0 Å². The van der Waals surface area contributed by atoms with Crippen LogP contribution >= 0.6 is 0 Å². The summed E-state index contributed by atoms with van der Waals surface area (Å²) < 4.78 is 5.48. The number of aromatic nitrogens is 2. The van der Waals surface area contributed by atoms with E-state index in [1.165, 1.54) is 5.56 Å². The average molecular weight is 287 g/mol. The maximum atomic E-state index is 11.7. The Morgan fingerprint density at radius 3 is 2.86 bits per heavy atom. The highest BCUT2D eigenvalue weighted by atomic mass is 16.5. The van der Waals surface area contributed by atoms with Gasteiger partial charge in [0, 0.05) is 12.2 Å². The van der Waals surface area contributed by atoms with Crippen molar-refractivity contribution in [3.05, 3.63) is 47.8 Å². The van der Waals surface area contributed by atoms with E-state index >= 15 is 0 Å². The fourth-order valence-corrected chi connectivity index (χ4v) is 2.00. The lowest BCUT2D eigenvalue weighted by Gasteiger charge is -2.07. The maximum absolute atomic E-state index is 11.7. The number of carbonyl (C=O) groups is 1. The van der Waals surface area contributed by atoms with E-state index in [1.54, 1.807) is 0 Å². The molecule has 5 nitrogen and oxygen atoms in total. The Bertz CT molecular complexity index is 552. The lowest BCUT2D eigenvalue weighted by atomic mass is 10.1. The van der Waals surface area contributed by atoms with E-state index in [4.69, 9.17) is 4.74 Å². The molecule has 0 atom stereocenters. The normalized spacial score (nSPS) is 10.3. The molecule has 2 N–H and O–H groups in total. The van der Waals surface area contributed by atoms with Crippen LogP contribution in [0.25, 0.3) is 0 Å². The number of carbonyl (C=O) groups excluding carboxylic acids is 1. The Morgan fingerprint density at radius 1 is 1.33 bits per heavy atom. The van der Waals surface area contributed by atoms with Gasteiger partial charge < -0.3 is 10.1 Å². The second-order valence-corrected chi connectivity index (χ2v) is 4.89. The average Bonchev–Trinajstić information content (AvgIpc) is 2.90. The van der Waals surface area contributed by atoms with E-state index in [-0.39, 0.29) is 5.91 Å². The molecule has 1 amide bonds. The van der Waals surface area contributed by atoms with E-state index in [2.05, 4.69) is 15.5 Å². The van der Waals surface area contributed by atoms with Crippen LogP contribution in [0.4, 0.5) is 0 Å². The van der Waals surface area contributed by atoms with Gasteiger partial charge in [-0.15, -0.1) is 0 Å². The Kier molecular flexibility index (Phi) is 5.82. The lowest BCUT2D eigenvalue weighted by molar-refractivity contribution is -0.121. The molecule has 112 valence electrons. The molecule has 2 aromatic rings. The maximum Gasteiger partial charge on any atom is 0.223 e. The van der Waals surface area contributed by atoms with Gasteiger partial charge in [-0.2, -0.15) is 5.10 Å². The molecule has 0 saturated heterocycles. The standard InChI is InChI=1S/C16H21N3O2/c1-13-14(12-18-19-13)6-5-10-17-16(20)9-11-21-15-7-3-2-4-8-15/h2-4,7-8,12H,5-6,9-11H2,1H3,(H,17,20)(H,18,19). The zero-order chi connectivity index (χ0) is 14.9. The monoisotopic (exact) mass is 287 g/mol. The van der Waals surface area contributed by atoms with Crippen molar-refractivity contribution in [2.45, 2.75) is 26.2 Å². The predicted molar refractivity (Wildman–Crippen MR) is 81.2 cm³/mol. The number of aryl methyl sites for hydroxylation is 2. The van der Waals surface area contributed by atoms with Crippen LogP contribution < -0.4 is 10.1 Å². The number of ether oxygens (including phenoxy) is 1. The SMILES string of the molecule is Cc1[nH]ncc1CCCNC(=O)CCOc1ccccc1. The summed E-state index contributed by atoms with van der Waals surface area (Å²) in [7, 11) is 0. The first-order chi connectivity index (χ1) is 10.3. The first-order valence-corrected chi connectivity index (χ1v) is 7.19. The number of hydrogen-bond acceptors (Lipinski definition) is 3. The van der Waals surface area contributed by atoms with Gasteiger partial charge in [-0.1, -0.05) is 18.2 Å². The molecule has 1 aromatic heterocycles. The number of para-hydroxylation sites is 1. The molecule has 0 aliphatic heterocycles. The van der Waals surface area contributed by atoms with Crippen molar-refractivity contribution in [2.75, 3.05) is 13.2 Å². The Morgan fingerprint density at radius 2 is 2.14 bits per heavy atom. The number of benzene rings is 1. The number of nitrogens with zero attached hydrogens (tertiary/aromatic N) is 1. The van der Waals surface area contributed by atoms with Crippen molar-refractivity contribution < 1.29 is 9.53 Å². The molecule has 5 heteroatoms. The summed E-state index contributed by atoms with van der Waals surface area (Å²) in [4.78, 5) is 11.7. The highest BCUT2D eigenvalue weighted by molar-refractivity contribution is 5.75. The van der Waals surface area contributed by atoms with Crippen LogP contribution in [-0.4, -0.2) is 29.3 Å². The minimum Gasteiger partial charge on any atom is -0.493 e. The third-order valence-corrected chi connectivity index (χ3v) is 3.22.